The first-order valence-electron chi connectivity index (χ1n) is 7.38. The number of carbonyl (C=O) groups excluding carboxylic acids is 1. The van der Waals surface area contributed by atoms with Gasteiger partial charge in [-0.3, -0.25) is 4.79 Å². The van der Waals surface area contributed by atoms with Crippen molar-refractivity contribution >= 4 is 15.9 Å². The zero-order valence-corrected chi connectivity index (χ0v) is 13.3. The van der Waals surface area contributed by atoms with Crippen LogP contribution in [0.2, 0.25) is 0 Å². The highest BCUT2D eigenvalue weighted by Gasteiger charge is 2.25. The topological polar surface area (TPSA) is 94.2 Å². The fourth-order valence-corrected chi connectivity index (χ4v) is 3.21. The first kappa shape index (κ1) is 16.0. The van der Waals surface area contributed by atoms with Crippen molar-refractivity contribution in [3.05, 3.63) is 18.0 Å². The molecule has 1 aromatic heterocycles. The van der Waals surface area contributed by atoms with E-state index in [1.807, 2.05) is 13.8 Å². The number of amides is 1. The molecule has 1 aliphatic carbocycles. The number of nitrogens with two attached hydrogens (primary N) is 1. The molecule has 0 bridgehead atoms. The van der Waals surface area contributed by atoms with Crippen LogP contribution >= 0.6 is 0 Å². The Hall–Kier alpha value is -1.34. The third-order valence-corrected chi connectivity index (χ3v) is 4.97. The van der Waals surface area contributed by atoms with E-state index in [1.165, 1.54) is 12.3 Å². The molecule has 1 heterocycles. The Balaban J connectivity index is 2.37. The van der Waals surface area contributed by atoms with E-state index in [-0.39, 0.29) is 22.9 Å². The van der Waals surface area contributed by atoms with E-state index in [2.05, 4.69) is 5.32 Å². The predicted octanol–water partition coefficient (Wildman–Crippen LogP) is 1.78. The lowest BCUT2D eigenvalue weighted by atomic mass is 10.2. The Morgan fingerprint density at radius 1 is 1.48 bits per heavy atom. The maximum atomic E-state index is 12.4. The fraction of sp³-hybridized carbons (Fsp3) is 0.643. The van der Waals surface area contributed by atoms with E-state index < -0.39 is 10.0 Å². The van der Waals surface area contributed by atoms with Gasteiger partial charge in [-0.1, -0.05) is 19.8 Å². The molecule has 1 atom stereocenters. The van der Waals surface area contributed by atoms with Crippen molar-refractivity contribution in [3.8, 4) is 0 Å². The smallest absolute Gasteiger partial charge is 0.268 e. The lowest BCUT2D eigenvalue weighted by Crippen LogP contribution is -2.33. The maximum Gasteiger partial charge on any atom is 0.268 e. The Morgan fingerprint density at radius 3 is 2.62 bits per heavy atom. The van der Waals surface area contributed by atoms with E-state index in [0.717, 1.165) is 32.1 Å². The first-order valence-corrected chi connectivity index (χ1v) is 8.93. The number of rotatable bonds is 5. The van der Waals surface area contributed by atoms with E-state index in [9.17, 15) is 13.2 Å². The third-order valence-electron chi connectivity index (χ3n) is 4.09. The van der Waals surface area contributed by atoms with Crippen molar-refractivity contribution in [2.75, 3.05) is 0 Å². The Morgan fingerprint density at radius 2 is 2.10 bits per heavy atom. The molecule has 1 fully saturated rings. The molecule has 3 N–H and O–H groups in total. The van der Waals surface area contributed by atoms with Crippen LogP contribution in [-0.2, 0) is 10.0 Å². The summed E-state index contributed by atoms with van der Waals surface area (Å²) in [6, 6.07) is 1.60. The summed E-state index contributed by atoms with van der Waals surface area (Å²) in [4.78, 5) is 12.4. The predicted molar refractivity (Wildman–Crippen MR) is 80.5 cm³/mol. The molecule has 1 aromatic rings. The first-order chi connectivity index (χ1) is 9.82. The highest BCUT2D eigenvalue weighted by atomic mass is 32.2. The van der Waals surface area contributed by atoms with E-state index in [1.54, 1.807) is 4.57 Å². The number of carbonyl (C=O) groups is 1. The van der Waals surface area contributed by atoms with Crippen LogP contribution in [0.15, 0.2) is 17.2 Å². The van der Waals surface area contributed by atoms with E-state index in [4.69, 9.17) is 5.14 Å². The largest absolute Gasteiger partial charge is 0.348 e. The molecule has 1 unspecified atom stereocenters. The minimum atomic E-state index is -3.80. The second-order valence-corrected chi connectivity index (χ2v) is 7.30. The normalized spacial score (nSPS) is 17.9. The summed E-state index contributed by atoms with van der Waals surface area (Å²) in [6.07, 6.45) is 6.43. The van der Waals surface area contributed by atoms with Gasteiger partial charge in [-0.15, -0.1) is 0 Å². The van der Waals surface area contributed by atoms with Gasteiger partial charge in [0.05, 0.1) is 0 Å². The maximum absolute atomic E-state index is 12.4. The number of primary sulfonamides is 1. The van der Waals surface area contributed by atoms with Crippen LogP contribution in [0.25, 0.3) is 0 Å². The van der Waals surface area contributed by atoms with Gasteiger partial charge in [-0.05, 0) is 32.3 Å². The molecule has 1 aliphatic rings. The van der Waals surface area contributed by atoms with Crippen LogP contribution < -0.4 is 10.5 Å². The van der Waals surface area contributed by atoms with Crippen LogP contribution in [0, 0.1) is 0 Å². The molecule has 0 spiro atoms. The zero-order valence-electron chi connectivity index (χ0n) is 12.5. The standard InChI is InChI=1S/C14H23N3O3S/c1-3-10(2)16-14(18)13-8-12(21(15,19)20)9-17(13)11-6-4-5-7-11/h8-11H,3-7H2,1-2H3,(H,16,18)(H2,15,19,20). The van der Waals surface area contributed by atoms with Gasteiger partial charge < -0.3 is 9.88 Å². The second-order valence-electron chi connectivity index (χ2n) is 5.73. The molecule has 6 nitrogen and oxygen atoms in total. The summed E-state index contributed by atoms with van der Waals surface area (Å²) < 4.78 is 24.9. The van der Waals surface area contributed by atoms with Crippen molar-refractivity contribution in [3.63, 3.8) is 0 Å². The van der Waals surface area contributed by atoms with Gasteiger partial charge >= 0.3 is 0 Å². The van der Waals surface area contributed by atoms with Crippen LogP contribution in [0.3, 0.4) is 0 Å². The van der Waals surface area contributed by atoms with E-state index in [0.29, 0.717) is 5.69 Å². The number of aromatic nitrogens is 1. The average molecular weight is 313 g/mol. The average Bonchev–Trinajstić information content (AvgIpc) is 3.06. The van der Waals surface area contributed by atoms with Crippen LogP contribution in [0.4, 0.5) is 0 Å². The molecule has 1 saturated carbocycles. The van der Waals surface area contributed by atoms with Crippen molar-refractivity contribution in [1.82, 2.24) is 9.88 Å². The Bertz CT molecular complexity index is 615. The molecule has 1 amide bonds. The summed E-state index contributed by atoms with van der Waals surface area (Å²) in [6.45, 7) is 3.90. The van der Waals surface area contributed by atoms with Crippen molar-refractivity contribution in [1.29, 1.82) is 0 Å². The van der Waals surface area contributed by atoms with Crippen molar-refractivity contribution < 1.29 is 13.2 Å². The number of nitrogens with one attached hydrogen (secondary N) is 1. The lowest BCUT2D eigenvalue weighted by molar-refractivity contribution is 0.0927. The third kappa shape index (κ3) is 3.65. The van der Waals surface area contributed by atoms with Crippen molar-refractivity contribution in [2.24, 2.45) is 5.14 Å². The van der Waals surface area contributed by atoms with Crippen LogP contribution in [-0.4, -0.2) is 24.9 Å². The summed E-state index contributed by atoms with van der Waals surface area (Å²) in [7, 11) is -3.80. The molecule has 118 valence electrons. The van der Waals surface area contributed by atoms with Gasteiger partial charge in [0.1, 0.15) is 10.6 Å². The Kier molecular flexibility index (Phi) is 4.73. The SMILES string of the molecule is CCC(C)NC(=O)c1cc(S(N)(=O)=O)cn1C1CCCC1. The monoisotopic (exact) mass is 313 g/mol. The molecular formula is C14H23N3O3S. The molecule has 0 aliphatic heterocycles. The van der Waals surface area contributed by atoms with Gasteiger partial charge in [-0.2, -0.15) is 0 Å². The minimum absolute atomic E-state index is 0.00343. The van der Waals surface area contributed by atoms with Crippen LogP contribution in [0.5, 0.6) is 0 Å². The number of hydrogen-bond acceptors (Lipinski definition) is 3. The Labute approximate surface area is 125 Å². The minimum Gasteiger partial charge on any atom is -0.348 e. The summed E-state index contributed by atoms with van der Waals surface area (Å²) >= 11 is 0. The van der Waals surface area contributed by atoms with Gasteiger partial charge in [0.2, 0.25) is 10.0 Å². The highest BCUT2D eigenvalue weighted by molar-refractivity contribution is 7.89. The second kappa shape index (κ2) is 6.19. The van der Waals surface area contributed by atoms with Gasteiger partial charge in [0.15, 0.2) is 0 Å². The quantitative estimate of drug-likeness (QED) is 0.867. The molecule has 0 radical (unpaired) electrons. The van der Waals surface area contributed by atoms with Gasteiger partial charge in [0, 0.05) is 18.3 Å². The van der Waals surface area contributed by atoms with E-state index >= 15 is 0 Å². The summed E-state index contributed by atoms with van der Waals surface area (Å²) in [5.41, 5.74) is 0.381. The van der Waals surface area contributed by atoms with Gasteiger partial charge in [-0.25, -0.2) is 13.6 Å². The molecule has 0 saturated heterocycles. The number of hydrogen-bond donors (Lipinski definition) is 2. The van der Waals surface area contributed by atoms with Gasteiger partial charge in [0.25, 0.3) is 5.91 Å². The molecule has 21 heavy (non-hydrogen) atoms. The summed E-state index contributed by atoms with van der Waals surface area (Å²) in [5.74, 6) is -0.244. The molecule has 2 rings (SSSR count). The van der Waals surface area contributed by atoms with Crippen LogP contribution in [0.1, 0.15) is 62.5 Å². The molecule has 7 heteroatoms. The number of sulfonamides is 1. The highest BCUT2D eigenvalue weighted by Crippen LogP contribution is 2.32. The zero-order chi connectivity index (χ0) is 15.6. The number of nitrogens with zero attached hydrogens (tertiary/aromatic N) is 1. The summed E-state index contributed by atoms with van der Waals surface area (Å²) in [5, 5.41) is 8.07. The fourth-order valence-electron chi connectivity index (χ4n) is 2.68. The lowest BCUT2D eigenvalue weighted by Gasteiger charge is -2.17. The molecular weight excluding hydrogens is 290 g/mol. The van der Waals surface area contributed by atoms with Crippen molar-refractivity contribution in [2.45, 2.75) is 62.9 Å². The molecule has 0 aromatic carbocycles.